The first-order valence-electron chi connectivity index (χ1n) is 5.57. The van der Waals surface area contributed by atoms with Crippen LogP contribution < -0.4 is 5.32 Å². The average molecular weight is 232 g/mol. The fourth-order valence-electron chi connectivity index (χ4n) is 1.52. The van der Waals surface area contributed by atoms with Crippen LogP contribution in [0.15, 0.2) is 16.7 Å². The molecule has 90 valence electrons. The molecule has 0 spiro atoms. The van der Waals surface area contributed by atoms with Crippen LogP contribution in [0.1, 0.15) is 28.9 Å². The standard InChI is InChI=1S/C12H16N4O/c1-8-9(2)17-12(15-8)7-13-6-11-4-5-14-10(3)16-11/h4-5,13H,6-7H2,1-3H3. The summed E-state index contributed by atoms with van der Waals surface area (Å²) in [6, 6.07) is 1.89. The van der Waals surface area contributed by atoms with Gasteiger partial charge in [0, 0.05) is 12.7 Å². The van der Waals surface area contributed by atoms with Gasteiger partial charge in [0.1, 0.15) is 11.6 Å². The van der Waals surface area contributed by atoms with Crippen LogP contribution in [0, 0.1) is 20.8 Å². The molecule has 0 saturated heterocycles. The van der Waals surface area contributed by atoms with Crippen molar-refractivity contribution < 1.29 is 4.42 Å². The van der Waals surface area contributed by atoms with E-state index in [1.807, 2.05) is 26.8 Å². The summed E-state index contributed by atoms with van der Waals surface area (Å²) in [5.41, 5.74) is 1.91. The summed E-state index contributed by atoms with van der Waals surface area (Å²) in [5, 5.41) is 3.24. The summed E-state index contributed by atoms with van der Waals surface area (Å²) < 4.78 is 5.47. The summed E-state index contributed by atoms with van der Waals surface area (Å²) >= 11 is 0. The van der Waals surface area contributed by atoms with Gasteiger partial charge in [-0.15, -0.1) is 0 Å². The maximum atomic E-state index is 5.47. The molecule has 0 atom stereocenters. The second-order valence-corrected chi connectivity index (χ2v) is 3.95. The highest BCUT2D eigenvalue weighted by Crippen LogP contribution is 2.07. The van der Waals surface area contributed by atoms with Gasteiger partial charge in [-0.2, -0.15) is 0 Å². The quantitative estimate of drug-likeness (QED) is 0.868. The number of hydrogen-bond acceptors (Lipinski definition) is 5. The summed E-state index contributed by atoms with van der Waals surface area (Å²) in [7, 11) is 0. The Labute approximate surface area is 100 Å². The molecule has 0 fully saturated rings. The summed E-state index contributed by atoms with van der Waals surface area (Å²) in [6.07, 6.45) is 1.76. The van der Waals surface area contributed by atoms with E-state index in [9.17, 15) is 0 Å². The van der Waals surface area contributed by atoms with E-state index >= 15 is 0 Å². The molecule has 0 bridgehead atoms. The summed E-state index contributed by atoms with van der Waals surface area (Å²) in [6.45, 7) is 7.03. The predicted molar refractivity (Wildman–Crippen MR) is 63.3 cm³/mol. The lowest BCUT2D eigenvalue weighted by Crippen LogP contribution is -2.14. The van der Waals surface area contributed by atoms with Gasteiger partial charge < -0.3 is 9.73 Å². The van der Waals surface area contributed by atoms with Crippen LogP contribution in [0.4, 0.5) is 0 Å². The molecule has 2 aromatic heterocycles. The molecule has 2 rings (SSSR count). The molecule has 17 heavy (non-hydrogen) atoms. The molecule has 0 aliphatic rings. The first kappa shape index (κ1) is 11.7. The van der Waals surface area contributed by atoms with E-state index in [-0.39, 0.29) is 0 Å². The first-order chi connectivity index (χ1) is 8.15. The van der Waals surface area contributed by atoms with Gasteiger partial charge in [0.2, 0.25) is 5.89 Å². The van der Waals surface area contributed by atoms with Crippen molar-refractivity contribution in [1.29, 1.82) is 0 Å². The Balaban J connectivity index is 1.87. The van der Waals surface area contributed by atoms with Gasteiger partial charge in [-0.3, -0.25) is 0 Å². The number of oxazole rings is 1. The maximum absolute atomic E-state index is 5.47. The van der Waals surface area contributed by atoms with Crippen LogP contribution in [0.2, 0.25) is 0 Å². The van der Waals surface area contributed by atoms with E-state index in [2.05, 4.69) is 20.3 Å². The van der Waals surface area contributed by atoms with Crippen LogP contribution in [0.5, 0.6) is 0 Å². The summed E-state index contributed by atoms with van der Waals surface area (Å²) in [4.78, 5) is 12.7. The molecule has 0 amide bonds. The van der Waals surface area contributed by atoms with Crippen molar-refractivity contribution in [2.45, 2.75) is 33.9 Å². The highest BCUT2D eigenvalue weighted by atomic mass is 16.4. The zero-order valence-corrected chi connectivity index (χ0v) is 10.3. The maximum Gasteiger partial charge on any atom is 0.208 e. The van der Waals surface area contributed by atoms with Gasteiger partial charge in [-0.05, 0) is 26.8 Å². The Hall–Kier alpha value is -1.75. The van der Waals surface area contributed by atoms with Crippen molar-refractivity contribution >= 4 is 0 Å². The minimum absolute atomic E-state index is 0.609. The van der Waals surface area contributed by atoms with Crippen molar-refractivity contribution in [1.82, 2.24) is 20.3 Å². The minimum Gasteiger partial charge on any atom is -0.444 e. The van der Waals surface area contributed by atoms with Crippen molar-refractivity contribution in [2.75, 3.05) is 0 Å². The van der Waals surface area contributed by atoms with E-state index < -0.39 is 0 Å². The molecule has 0 aromatic carbocycles. The Morgan fingerprint density at radius 2 is 2.00 bits per heavy atom. The second-order valence-electron chi connectivity index (χ2n) is 3.95. The molecule has 0 unspecified atom stereocenters. The van der Waals surface area contributed by atoms with Gasteiger partial charge in [0.25, 0.3) is 0 Å². The molecule has 2 heterocycles. The van der Waals surface area contributed by atoms with E-state index in [0.29, 0.717) is 19.0 Å². The smallest absolute Gasteiger partial charge is 0.208 e. The topological polar surface area (TPSA) is 63.8 Å². The molecule has 5 nitrogen and oxygen atoms in total. The number of rotatable bonds is 4. The van der Waals surface area contributed by atoms with Crippen LogP contribution >= 0.6 is 0 Å². The Morgan fingerprint density at radius 1 is 1.18 bits per heavy atom. The monoisotopic (exact) mass is 232 g/mol. The molecule has 0 radical (unpaired) electrons. The van der Waals surface area contributed by atoms with Crippen molar-refractivity contribution in [3.63, 3.8) is 0 Å². The third-order valence-electron chi connectivity index (χ3n) is 2.49. The van der Waals surface area contributed by atoms with E-state index in [1.54, 1.807) is 6.20 Å². The lowest BCUT2D eigenvalue weighted by molar-refractivity contribution is 0.447. The highest BCUT2D eigenvalue weighted by Gasteiger charge is 2.04. The van der Waals surface area contributed by atoms with Crippen molar-refractivity contribution in [3.05, 3.63) is 41.1 Å². The number of aromatic nitrogens is 3. The average Bonchev–Trinajstić information content (AvgIpc) is 2.58. The summed E-state index contributed by atoms with van der Waals surface area (Å²) in [5.74, 6) is 2.37. The number of nitrogens with zero attached hydrogens (tertiary/aromatic N) is 3. The fraction of sp³-hybridized carbons (Fsp3) is 0.417. The Kier molecular flexibility index (Phi) is 3.49. The normalized spacial score (nSPS) is 10.8. The molecule has 2 aromatic rings. The van der Waals surface area contributed by atoms with Gasteiger partial charge in [0.15, 0.2) is 0 Å². The first-order valence-corrected chi connectivity index (χ1v) is 5.57. The third kappa shape index (κ3) is 3.10. The van der Waals surface area contributed by atoms with Crippen molar-refractivity contribution in [3.8, 4) is 0 Å². The zero-order chi connectivity index (χ0) is 12.3. The van der Waals surface area contributed by atoms with Gasteiger partial charge >= 0.3 is 0 Å². The van der Waals surface area contributed by atoms with Crippen LogP contribution in [0.3, 0.4) is 0 Å². The van der Waals surface area contributed by atoms with Gasteiger partial charge in [0.05, 0.1) is 17.9 Å². The number of hydrogen-bond donors (Lipinski definition) is 1. The van der Waals surface area contributed by atoms with E-state index in [4.69, 9.17) is 4.42 Å². The van der Waals surface area contributed by atoms with Crippen LogP contribution in [-0.2, 0) is 13.1 Å². The minimum atomic E-state index is 0.609. The third-order valence-corrected chi connectivity index (χ3v) is 2.49. The fourth-order valence-corrected chi connectivity index (χ4v) is 1.52. The van der Waals surface area contributed by atoms with Gasteiger partial charge in [-0.1, -0.05) is 0 Å². The molecule has 5 heteroatoms. The highest BCUT2D eigenvalue weighted by molar-refractivity contribution is 5.05. The van der Waals surface area contributed by atoms with Gasteiger partial charge in [-0.25, -0.2) is 15.0 Å². The molecule has 0 saturated carbocycles. The van der Waals surface area contributed by atoms with Crippen molar-refractivity contribution in [2.24, 2.45) is 0 Å². The molecule has 0 aliphatic heterocycles. The molecule has 1 N–H and O–H groups in total. The largest absolute Gasteiger partial charge is 0.444 e. The van der Waals surface area contributed by atoms with E-state index in [1.165, 1.54) is 0 Å². The molecular weight excluding hydrogens is 216 g/mol. The van der Waals surface area contributed by atoms with Crippen LogP contribution in [-0.4, -0.2) is 15.0 Å². The van der Waals surface area contributed by atoms with E-state index in [0.717, 1.165) is 23.0 Å². The zero-order valence-electron chi connectivity index (χ0n) is 10.3. The number of nitrogens with one attached hydrogen (secondary N) is 1. The lowest BCUT2D eigenvalue weighted by atomic mass is 10.4. The Morgan fingerprint density at radius 3 is 2.65 bits per heavy atom. The Bertz CT molecular complexity index is 487. The molecule has 0 aliphatic carbocycles. The SMILES string of the molecule is Cc1nccc(CNCc2nc(C)c(C)o2)n1. The second kappa shape index (κ2) is 5.05. The number of aryl methyl sites for hydroxylation is 3. The van der Waals surface area contributed by atoms with Crippen LogP contribution in [0.25, 0.3) is 0 Å². The lowest BCUT2D eigenvalue weighted by Gasteiger charge is -2.01. The predicted octanol–water partition coefficient (Wildman–Crippen LogP) is 1.68. The molecular formula is C12H16N4O.